The van der Waals surface area contributed by atoms with Gasteiger partial charge in [0.15, 0.2) is 0 Å². The molecule has 2 aliphatic rings. The lowest BCUT2D eigenvalue weighted by molar-refractivity contribution is -0.142. The van der Waals surface area contributed by atoms with Crippen molar-refractivity contribution in [2.75, 3.05) is 6.54 Å². The second kappa shape index (κ2) is 4.32. The van der Waals surface area contributed by atoms with Crippen LogP contribution in [0.4, 0.5) is 0 Å². The molecule has 2 N–H and O–H groups in total. The number of carboxylic acid groups (broad SMARTS) is 1. The highest BCUT2D eigenvalue weighted by molar-refractivity contribution is 5.94. The summed E-state index contributed by atoms with van der Waals surface area (Å²) in [7, 11) is 0. The molecule has 2 unspecified atom stereocenters. The van der Waals surface area contributed by atoms with E-state index in [4.69, 9.17) is 0 Å². The number of carbonyl (C=O) groups excluding carboxylic acids is 1. The van der Waals surface area contributed by atoms with Crippen LogP contribution >= 0.6 is 0 Å². The van der Waals surface area contributed by atoms with Crippen molar-refractivity contribution >= 4 is 11.9 Å². The van der Waals surface area contributed by atoms with E-state index in [0.29, 0.717) is 18.9 Å². The molecule has 19 heavy (non-hydrogen) atoms. The maximum atomic E-state index is 12.3. The summed E-state index contributed by atoms with van der Waals surface area (Å²) in [6, 6.07) is -0.768. The monoisotopic (exact) mass is 264 g/mol. The molecule has 2 heterocycles. The van der Waals surface area contributed by atoms with Crippen LogP contribution in [0.25, 0.3) is 0 Å². The first-order chi connectivity index (χ1) is 9.08. The molecular weight excluding hydrogens is 248 g/mol. The SMILES string of the molecule is CC1CCN(C(=O)c2n[nH]c(C3CC3)n2)C1C(=O)O. The molecule has 7 heteroatoms. The van der Waals surface area contributed by atoms with Crippen LogP contribution in [0, 0.1) is 5.92 Å². The van der Waals surface area contributed by atoms with Gasteiger partial charge in [0.2, 0.25) is 5.82 Å². The number of hydrogen-bond donors (Lipinski definition) is 2. The second-order valence-corrected chi connectivity index (χ2v) is 5.37. The highest BCUT2D eigenvalue weighted by Crippen LogP contribution is 2.37. The van der Waals surface area contributed by atoms with Gasteiger partial charge >= 0.3 is 5.97 Å². The minimum absolute atomic E-state index is 0.0386. The van der Waals surface area contributed by atoms with Crippen molar-refractivity contribution in [3.05, 3.63) is 11.6 Å². The fourth-order valence-electron chi connectivity index (χ4n) is 2.59. The number of nitrogens with zero attached hydrogens (tertiary/aromatic N) is 3. The zero-order chi connectivity index (χ0) is 13.6. The van der Waals surface area contributed by atoms with E-state index in [1.807, 2.05) is 6.92 Å². The maximum absolute atomic E-state index is 12.3. The zero-order valence-electron chi connectivity index (χ0n) is 10.7. The summed E-state index contributed by atoms with van der Waals surface area (Å²) >= 11 is 0. The summed E-state index contributed by atoms with van der Waals surface area (Å²) in [5, 5.41) is 15.9. The number of aromatic nitrogens is 3. The summed E-state index contributed by atoms with van der Waals surface area (Å²) < 4.78 is 0. The predicted octanol–water partition coefficient (Wildman–Crippen LogP) is 0.617. The Hall–Kier alpha value is -1.92. The Morgan fingerprint density at radius 3 is 2.74 bits per heavy atom. The van der Waals surface area contributed by atoms with Gasteiger partial charge in [0, 0.05) is 12.5 Å². The van der Waals surface area contributed by atoms with E-state index in [1.165, 1.54) is 4.90 Å². The molecule has 102 valence electrons. The van der Waals surface area contributed by atoms with Crippen molar-refractivity contribution in [3.63, 3.8) is 0 Å². The summed E-state index contributed by atoms with van der Waals surface area (Å²) in [6.07, 6.45) is 2.84. The fourth-order valence-corrected chi connectivity index (χ4v) is 2.59. The number of H-pyrrole nitrogens is 1. The minimum Gasteiger partial charge on any atom is -0.480 e. The van der Waals surface area contributed by atoms with Gasteiger partial charge in [-0.2, -0.15) is 0 Å². The molecule has 1 aliphatic carbocycles. The van der Waals surface area contributed by atoms with E-state index in [9.17, 15) is 14.7 Å². The lowest BCUT2D eigenvalue weighted by Crippen LogP contribution is -2.43. The van der Waals surface area contributed by atoms with E-state index >= 15 is 0 Å². The highest BCUT2D eigenvalue weighted by atomic mass is 16.4. The third kappa shape index (κ3) is 2.09. The Morgan fingerprint density at radius 2 is 2.11 bits per heavy atom. The normalized spacial score (nSPS) is 26.7. The van der Waals surface area contributed by atoms with Crippen LogP contribution in [-0.4, -0.2) is 49.7 Å². The van der Waals surface area contributed by atoms with Gasteiger partial charge in [0.05, 0.1) is 0 Å². The van der Waals surface area contributed by atoms with Gasteiger partial charge in [-0.1, -0.05) is 6.92 Å². The van der Waals surface area contributed by atoms with Crippen LogP contribution in [0.2, 0.25) is 0 Å². The average molecular weight is 264 g/mol. The Balaban J connectivity index is 1.80. The van der Waals surface area contributed by atoms with Gasteiger partial charge in [-0.25, -0.2) is 9.78 Å². The van der Waals surface area contributed by atoms with E-state index in [-0.39, 0.29) is 17.6 Å². The number of amides is 1. The number of rotatable bonds is 3. The highest BCUT2D eigenvalue weighted by Gasteiger charge is 2.41. The zero-order valence-corrected chi connectivity index (χ0v) is 10.7. The fraction of sp³-hybridized carbons (Fsp3) is 0.667. The number of aromatic amines is 1. The van der Waals surface area contributed by atoms with Gasteiger partial charge < -0.3 is 10.0 Å². The minimum atomic E-state index is -0.962. The van der Waals surface area contributed by atoms with Crippen molar-refractivity contribution in [2.24, 2.45) is 5.92 Å². The van der Waals surface area contributed by atoms with Gasteiger partial charge in [-0.15, -0.1) is 5.10 Å². The first kappa shape index (κ1) is 12.1. The lowest BCUT2D eigenvalue weighted by atomic mass is 10.0. The number of aliphatic carboxylic acids is 1. The quantitative estimate of drug-likeness (QED) is 0.833. The molecule has 0 spiro atoms. The topological polar surface area (TPSA) is 99.2 Å². The van der Waals surface area contributed by atoms with Crippen LogP contribution in [0.15, 0.2) is 0 Å². The molecule has 0 aromatic carbocycles. The molecule has 3 rings (SSSR count). The molecule has 1 saturated heterocycles. The molecule has 1 aromatic heterocycles. The van der Waals surface area contributed by atoms with Gasteiger partial charge in [-0.05, 0) is 25.2 Å². The molecule has 2 fully saturated rings. The van der Waals surface area contributed by atoms with Gasteiger partial charge in [0.1, 0.15) is 11.9 Å². The van der Waals surface area contributed by atoms with Gasteiger partial charge in [0.25, 0.3) is 5.91 Å². The summed E-state index contributed by atoms with van der Waals surface area (Å²) in [4.78, 5) is 29.1. The number of hydrogen-bond acceptors (Lipinski definition) is 4. The largest absolute Gasteiger partial charge is 0.480 e. The molecule has 0 radical (unpaired) electrons. The Labute approximate surface area is 110 Å². The number of nitrogens with one attached hydrogen (secondary N) is 1. The Kier molecular flexibility index (Phi) is 2.76. The van der Waals surface area contributed by atoms with Crippen LogP contribution in [-0.2, 0) is 4.79 Å². The van der Waals surface area contributed by atoms with Crippen LogP contribution in [0.1, 0.15) is 48.5 Å². The second-order valence-electron chi connectivity index (χ2n) is 5.37. The van der Waals surface area contributed by atoms with Crippen molar-refractivity contribution in [1.29, 1.82) is 0 Å². The third-order valence-electron chi connectivity index (χ3n) is 3.87. The predicted molar refractivity (Wildman–Crippen MR) is 64.6 cm³/mol. The van der Waals surface area contributed by atoms with Crippen LogP contribution in [0.5, 0.6) is 0 Å². The average Bonchev–Trinajstić information content (AvgIpc) is 2.97. The molecule has 7 nitrogen and oxygen atoms in total. The van der Waals surface area contributed by atoms with E-state index in [1.54, 1.807) is 0 Å². The van der Waals surface area contributed by atoms with E-state index in [0.717, 1.165) is 18.7 Å². The molecule has 1 amide bonds. The van der Waals surface area contributed by atoms with E-state index in [2.05, 4.69) is 15.2 Å². The maximum Gasteiger partial charge on any atom is 0.326 e. The standard InChI is InChI=1S/C12H16N4O3/c1-6-4-5-16(8(6)12(18)19)11(17)10-13-9(14-15-10)7-2-3-7/h6-8H,2-5H2,1H3,(H,18,19)(H,13,14,15). The van der Waals surface area contributed by atoms with Crippen molar-refractivity contribution in [1.82, 2.24) is 20.1 Å². The molecule has 1 aliphatic heterocycles. The summed E-state index contributed by atoms with van der Waals surface area (Å²) in [5.74, 6) is -0.175. The molecule has 1 saturated carbocycles. The van der Waals surface area contributed by atoms with Crippen molar-refractivity contribution < 1.29 is 14.7 Å². The number of carboxylic acids is 1. The van der Waals surface area contributed by atoms with Crippen molar-refractivity contribution in [3.8, 4) is 0 Å². The molecule has 1 aromatic rings. The molecule has 0 bridgehead atoms. The Bertz CT molecular complexity index is 523. The van der Waals surface area contributed by atoms with Crippen LogP contribution in [0.3, 0.4) is 0 Å². The van der Waals surface area contributed by atoms with Crippen LogP contribution < -0.4 is 0 Å². The van der Waals surface area contributed by atoms with Crippen molar-refractivity contribution in [2.45, 2.75) is 38.1 Å². The smallest absolute Gasteiger partial charge is 0.326 e. The third-order valence-corrected chi connectivity index (χ3v) is 3.87. The first-order valence-electron chi connectivity index (χ1n) is 6.54. The molecule has 2 atom stereocenters. The number of carbonyl (C=O) groups is 2. The summed E-state index contributed by atoms with van der Waals surface area (Å²) in [5.41, 5.74) is 0. The number of likely N-dealkylation sites (tertiary alicyclic amines) is 1. The lowest BCUT2D eigenvalue weighted by Gasteiger charge is -2.21. The Morgan fingerprint density at radius 1 is 1.37 bits per heavy atom. The summed E-state index contributed by atoms with van der Waals surface area (Å²) in [6.45, 7) is 2.30. The first-order valence-corrected chi connectivity index (χ1v) is 6.54. The van der Waals surface area contributed by atoms with Gasteiger partial charge in [-0.3, -0.25) is 9.89 Å². The molecular formula is C12H16N4O3. The van der Waals surface area contributed by atoms with E-state index < -0.39 is 12.0 Å².